The smallest absolute Gasteiger partial charge is 0.285 e. The molecule has 0 N–H and O–H groups in total. The molecular formula is C18H24N4O2S. The summed E-state index contributed by atoms with van der Waals surface area (Å²) in [6, 6.07) is 1.69. The molecule has 1 aliphatic rings. The molecule has 2 heterocycles. The van der Waals surface area contributed by atoms with E-state index in [0.29, 0.717) is 28.6 Å². The van der Waals surface area contributed by atoms with Crippen molar-refractivity contribution >= 4 is 17.2 Å². The highest BCUT2D eigenvalue weighted by atomic mass is 32.1. The standard InChI is InChI=1S/C18H24N4O2S/c1-5-24-14-8-9-19-10-13(14)15(23)20-17-22(11-12-6-7-12)21-16(25-17)18(2,3)4/h8-10,12H,5-7,11H2,1-4H3/b20-17-. The maximum absolute atomic E-state index is 12.7. The summed E-state index contributed by atoms with van der Waals surface area (Å²) < 4.78 is 7.41. The minimum Gasteiger partial charge on any atom is -0.493 e. The maximum atomic E-state index is 12.7. The summed E-state index contributed by atoms with van der Waals surface area (Å²) in [5.74, 6) is 0.826. The van der Waals surface area contributed by atoms with E-state index in [1.54, 1.807) is 12.3 Å². The third kappa shape index (κ3) is 4.34. The Morgan fingerprint density at radius 1 is 1.44 bits per heavy atom. The van der Waals surface area contributed by atoms with Gasteiger partial charge in [0.1, 0.15) is 16.3 Å². The van der Waals surface area contributed by atoms with Gasteiger partial charge in [-0.2, -0.15) is 10.1 Å². The van der Waals surface area contributed by atoms with Crippen LogP contribution in [0.2, 0.25) is 0 Å². The Bertz CT molecular complexity index is 828. The van der Waals surface area contributed by atoms with E-state index in [1.165, 1.54) is 30.4 Å². The molecule has 7 heteroatoms. The number of nitrogens with zero attached hydrogens (tertiary/aromatic N) is 4. The van der Waals surface area contributed by atoms with Crippen molar-refractivity contribution in [1.29, 1.82) is 0 Å². The highest BCUT2D eigenvalue weighted by Crippen LogP contribution is 2.30. The number of hydrogen-bond acceptors (Lipinski definition) is 5. The van der Waals surface area contributed by atoms with Crippen LogP contribution in [0.25, 0.3) is 0 Å². The lowest BCUT2D eigenvalue weighted by Gasteiger charge is -2.12. The average Bonchev–Trinajstić information content (AvgIpc) is 3.27. The van der Waals surface area contributed by atoms with Crippen molar-refractivity contribution in [3.63, 3.8) is 0 Å². The molecule has 0 unspecified atom stereocenters. The third-order valence-electron chi connectivity index (χ3n) is 3.90. The molecule has 2 aromatic rings. The van der Waals surface area contributed by atoms with Gasteiger partial charge in [-0.1, -0.05) is 32.1 Å². The molecule has 0 atom stereocenters. The molecule has 0 bridgehead atoms. The molecule has 6 nitrogen and oxygen atoms in total. The molecule has 2 aromatic heterocycles. The van der Waals surface area contributed by atoms with E-state index in [0.717, 1.165) is 11.6 Å². The first-order chi connectivity index (χ1) is 11.9. The van der Waals surface area contributed by atoms with Gasteiger partial charge in [0.2, 0.25) is 4.80 Å². The fourth-order valence-electron chi connectivity index (χ4n) is 2.33. The van der Waals surface area contributed by atoms with Crippen molar-refractivity contribution in [2.45, 2.75) is 52.5 Å². The van der Waals surface area contributed by atoms with Crippen molar-refractivity contribution in [1.82, 2.24) is 14.8 Å². The number of rotatable bonds is 5. The Morgan fingerprint density at radius 3 is 2.84 bits per heavy atom. The van der Waals surface area contributed by atoms with Crippen LogP contribution < -0.4 is 9.54 Å². The SMILES string of the molecule is CCOc1ccncc1C(=O)/N=c1\sc(C(C)(C)C)nn1CC1CC1. The number of pyridine rings is 1. The normalized spacial score (nSPS) is 15.4. The topological polar surface area (TPSA) is 69.4 Å². The van der Waals surface area contributed by atoms with E-state index in [9.17, 15) is 4.79 Å². The Labute approximate surface area is 151 Å². The zero-order valence-electron chi connectivity index (χ0n) is 15.2. The minimum atomic E-state index is -0.342. The second-order valence-corrected chi connectivity index (χ2v) is 8.24. The summed E-state index contributed by atoms with van der Waals surface area (Å²) >= 11 is 1.48. The van der Waals surface area contributed by atoms with Crippen LogP contribution in [-0.4, -0.2) is 27.3 Å². The van der Waals surface area contributed by atoms with Gasteiger partial charge in [-0.3, -0.25) is 9.78 Å². The van der Waals surface area contributed by atoms with E-state index in [1.807, 2.05) is 11.6 Å². The number of amides is 1. The van der Waals surface area contributed by atoms with Crippen LogP contribution in [0.15, 0.2) is 23.5 Å². The molecule has 0 spiro atoms. The highest BCUT2D eigenvalue weighted by Gasteiger charge is 2.26. The quantitative estimate of drug-likeness (QED) is 0.821. The zero-order valence-corrected chi connectivity index (χ0v) is 16.0. The van der Waals surface area contributed by atoms with Gasteiger partial charge in [-0.15, -0.1) is 0 Å². The third-order valence-corrected chi connectivity index (χ3v) is 5.27. The van der Waals surface area contributed by atoms with Gasteiger partial charge >= 0.3 is 0 Å². The van der Waals surface area contributed by atoms with Crippen LogP contribution in [0.5, 0.6) is 5.75 Å². The molecule has 0 radical (unpaired) electrons. The minimum absolute atomic E-state index is 0.0719. The Balaban J connectivity index is 1.99. The monoisotopic (exact) mass is 360 g/mol. The predicted molar refractivity (Wildman–Crippen MR) is 96.8 cm³/mol. The fraction of sp³-hybridized carbons (Fsp3) is 0.556. The molecule has 134 valence electrons. The van der Waals surface area contributed by atoms with E-state index >= 15 is 0 Å². The van der Waals surface area contributed by atoms with Gasteiger partial charge in [0, 0.05) is 24.4 Å². The van der Waals surface area contributed by atoms with Gasteiger partial charge in [-0.05, 0) is 31.7 Å². The average molecular weight is 360 g/mol. The second-order valence-electron chi connectivity index (χ2n) is 7.29. The van der Waals surface area contributed by atoms with Gasteiger partial charge in [0.15, 0.2) is 0 Å². The van der Waals surface area contributed by atoms with Crippen molar-refractivity contribution in [2.24, 2.45) is 10.9 Å². The fourth-order valence-corrected chi connectivity index (χ4v) is 3.30. The molecule has 1 saturated carbocycles. The van der Waals surface area contributed by atoms with Crippen LogP contribution in [0.4, 0.5) is 0 Å². The summed E-state index contributed by atoms with van der Waals surface area (Å²) in [5.41, 5.74) is 0.311. The van der Waals surface area contributed by atoms with Crippen LogP contribution in [-0.2, 0) is 12.0 Å². The zero-order chi connectivity index (χ0) is 18.0. The molecule has 0 aliphatic heterocycles. The van der Waals surface area contributed by atoms with Gasteiger partial charge in [0.25, 0.3) is 5.91 Å². The molecule has 0 aromatic carbocycles. The lowest BCUT2D eigenvalue weighted by Crippen LogP contribution is -2.20. The highest BCUT2D eigenvalue weighted by molar-refractivity contribution is 7.09. The predicted octanol–water partition coefficient (Wildman–Crippen LogP) is 3.19. The molecule has 1 aliphatic carbocycles. The molecule has 25 heavy (non-hydrogen) atoms. The first kappa shape index (κ1) is 17.8. The van der Waals surface area contributed by atoms with Crippen LogP contribution in [0.3, 0.4) is 0 Å². The van der Waals surface area contributed by atoms with Gasteiger partial charge in [0.05, 0.1) is 6.61 Å². The summed E-state index contributed by atoms with van der Waals surface area (Å²) in [7, 11) is 0. The van der Waals surface area contributed by atoms with Crippen molar-refractivity contribution in [2.75, 3.05) is 6.61 Å². The Hall–Kier alpha value is -2.02. The summed E-state index contributed by atoms with van der Waals surface area (Å²) in [6.45, 7) is 9.55. The first-order valence-corrected chi connectivity index (χ1v) is 9.44. The van der Waals surface area contributed by atoms with Crippen molar-refractivity contribution in [3.05, 3.63) is 33.8 Å². The second kappa shape index (κ2) is 7.07. The molecule has 1 fully saturated rings. The number of carbonyl (C=O) groups is 1. The van der Waals surface area contributed by atoms with Crippen LogP contribution in [0, 0.1) is 5.92 Å². The number of ether oxygens (including phenoxy) is 1. The molecule has 3 rings (SSSR count). The largest absolute Gasteiger partial charge is 0.493 e. The van der Waals surface area contributed by atoms with Crippen molar-refractivity contribution < 1.29 is 9.53 Å². The number of aromatic nitrogens is 3. The van der Waals surface area contributed by atoms with Crippen LogP contribution in [0.1, 0.15) is 55.9 Å². The van der Waals surface area contributed by atoms with E-state index in [2.05, 4.69) is 30.7 Å². The molecule has 1 amide bonds. The van der Waals surface area contributed by atoms with E-state index < -0.39 is 0 Å². The van der Waals surface area contributed by atoms with Gasteiger partial charge in [-0.25, -0.2) is 4.68 Å². The first-order valence-electron chi connectivity index (χ1n) is 8.62. The van der Waals surface area contributed by atoms with Crippen molar-refractivity contribution in [3.8, 4) is 5.75 Å². The van der Waals surface area contributed by atoms with Crippen LogP contribution >= 0.6 is 11.3 Å². The lowest BCUT2D eigenvalue weighted by molar-refractivity contribution is 0.0993. The summed E-state index contributed by atoms with van der Waals surface area (Å²) in [6.07, 6.45) is 5.56. The number of carbonyl (C=O) groups excluding carboxylic acids is 1. The molecular weight excluding hydrogens is 336 g/mol. The Kier molecular flexibility index (Phi) is 5.03. The lowest BCUT2D eigenvalue weighted by atomic mass is 9.98. The Morgan fingerprint density at radius 2 is 2.20 bits per heavy atom. The summed E-state index contributed by atoms with van der Waals surface area (Å²) in [4.78, 5) is 21.7. The molecule has 0 saturated heterocycles. The van der Waals surface area contributed by atoms with E-state index in [4.69, 9.17) is 9.84 Å². The maximum Gasteiger partial charge on any atom is 0.285 e. The summed E-state index contributed by atoms with van der Waals surface area (Å²) in [5, 5.41) is 5.69. The van der Waals surface area contributed by atoms with E-state index in [-0.39, 0.29) is 11.3 Å². The van der Waals surface area contributed by atoms with Gasteiger partial charge < -0.3 is 4.74 Å². The number of hydrogen-bond donors (Lipinski definition) is 0.